The molecule has 1 aromatic carbocycles. The number of unbranched alkanes of at least 4 members (excludes halogenated alkanes) is 1. The fraction of sp³-hybridized carbons (Fsp3) is 0.556. The van der Waals surface area contributed by atoms with Gasteiger partial charge < -0.3 is 14.4 Å². The van der Waals surface area contributed by atoms with E-state index < -0.39 is 9.84 Å². The average molecular weight is 413 g/mol. The number of amidine groups is 1. The molecule has 0 aliphatic carbocycles. The Hall–Kier alpha value is -1.74. The van der Waals surface area contributed by atoms with Crippen LogP contribution < -0.4 is 14.4 Å². The van der Waals surface area contributed by atoms with Gasteiger partial charge >= 0.3 is 0 Å². The van der Waals surface area contributed by atoms with Crippen LogP contribution in [0.1, 0.15) is 26.2 Å². The van der Waals surface area contributed by atoms with Crippen molar-refractivity contribution in [2.75, 3.05) is 30.6 Å². The summed E-state index contributed by atoms with van der Waals surface area (Å²) in [7, 11) is -0.000179. The first kappa shape index (κ1) is 20.0. The van der Waals surface area contributed by atoms with Gasteiger partial charge in [-0.2, -0.15) is 4.99 Å². The second-order valence-corrected chi connectivity index (χ2v) is 9.96. The van der Waals surface area contributed by atoms with Crippen LogP contribution in [0.5, 0.6) is 11.5 Å². The Morgan fingerprint density at radius 1 is 1.30 bits per heavy atom. The number of thioether (sulfide) groups is 1. The zero-order valence-corrected chi connectivity index (χ0v) is 17.3. The number of hydrogen-bond donors (Lipinski definition) is 0. The van der Waals surface area contributed by atoms with Crippen LogP contribution >= 0.6 is 11.8 Å². The van der Waals surface area contributed by atoms with E-state index in [4.69, 9.17) is 9.47 Å². The SMILES string of the molecule is CCCCC(=O)N=C1S[C@@H]2CS(=O)(=O)C[C@@H]2N1c1cc(OC)ccc1OC. The topological polar surface area (TPSA) is 85.3 Å². The molecule has 1 amide bonds. The van der Waals surface area contributed by atoms with E-state index in [-0.39, 0.29) is 28.7 Å². The van der Waals surface area contributed by atoms with E-state index in [1.165, 1.54) is 11.8 Å². The first-order valence-electron chi connectivity index (χ1n) is 8.88. The Balaban J connectivity index is 2.03. The second kappa shape index (κ2) is 8.10. The lowest BCUT2D eigenvalue weighted by Gasteiger charge is -2.26. The summed E-state index contributed by atoms with van der Waals surface area (Å²) < 4.78 is 35.1. The van der Waals surface area contributed by atoms with Gasteiger partial charge in [-0.15, -0.1) is 0 Å². The summed E-state index contributed by atoms with van der Waals surface area (Å²) in [5, 5.41) is 0.385. The van der Waals surface area contributed by atoms with Gasteiger partial charge in [0.25, 0.3) is 0 Å². The number of nitrogens with zero attached hydrogens (tertiary/aromatic N) is 2. The van der Waals surface area contributed by atoms with Gasteiger partial charge in [0.05, 0.1) is 37.5 Å². The number of rotatable bonds is 6. The molecule has 0 radical (unpaired) electrons. The number of ether oxygens (including phenoxy) is 2. The molecule has 9 heteroatoms. The maximum atomic E-state index is 12.3. The molecule has 2 aliphatic heterocycles. The number of sulfone groups is 1. The minimum atomic E-state index is -3.12. The molecule has 0 aromatic heterocycles. The highest BCUT2D eigenvalue weighted by atomic mass is 32.2. The van der Waals surface area contributed by atoms with Crippen molar-refractivity contribution in [3.63, 3.8) is 0 Å². The minimum Gasteiger partial charge on any atom is -0.497 e. The second-order valence-electron chi connectivity index (χ2n) is 6.60. The van der Waals surface area contributed by atoms with Crippen LogP contribution in [-0.4, -0.2) is 56.5 Å². The lowest BCUT2D eigenvalue weighted by atomic mass is 10.2. The molecule has 0 unspecified atom stereocenters. The van der Waals surface area contributed by atoms with Crippen molar-refractivity contribution in [3.8, 4) is 11.5 Å². The van der Waals surface area contributed by atoms with Crippen molar-refractivity contribution in [2.45, 2.75) is 37.5 Å². The smallest absolute Gasteiger partial charge is 0.248 e. The van der Waals surface area contributed by atoms with Gasteiger partial charge in [-0.3, -0.25) is 4.79 Å². The molecule has 2 aliphatic rings. The van der Waals surface area contributed by atoms with E-state index in [0.717, 1.165) is 12.8 Å². The molecule has 3 rings (SSSR count). The van der Waals surface area contributed by atoms with Gasteiger partial charge in [0.15, 0.2) is 15.0 Å². The summed E-state index contributed by atoms with van der Waals surface area (Å²) >= 11 is 1.36. The number of carbonyl (C=O) groups excluding carboxylic acids is 1. The molecule has 0 N–H and O–H groups in total. The lowest BCUT2D eigenvalue weighted by molar-refractivity contribution is -0.117. The number of aliphatic imine (C=N–C) groups is 1. The molecular weight excluding hydrogens is 388 g/mol. The Morgan fingerprint density at radius 2 is 2.07 bits per heavy atom. The Bertz CT molecular complexity index is 853. The van der Waals surface area contributed by atoms with E-state index in [2.05, 4.69) is 4.99 Å². The zero-order chi connectivity index (χ0) is 19.6. The monoisotopic (exact) mass is 412 g/mol. The summed E-state index contributed by atoms with van der Waals surface area (Å²) in [6.45, 7) is 2.02. The third-order valence-corrected chi connectivity index (χ3v) is 7.89. The van der Waals surface area contributed by atoms with Crippen LogP contribution in [0.4, 0.5) is 5.69 Å². The molecule has 1 aromatic rings. The molecule has 2 atom stereocenters. The van der Waals surface area contributed by atoms with Gasteiger partial charge in [-0.25, -0.2) is 8.42 Å². The Labute approximate surface area is 164 Å². The summed E-state index contributed by atoms with van der Waals surface area (Å²) in [6.07, 6.45) is 2.09. The molecular formula is C18H24N2O5S2. The third kappa shape index (κ3) is 4.24. The summed E-state index contributed by atoms with van der Waals surface area (Å²) in [5.41, 5.74) is 0.663. The Morgan fingerprint density at radius 3 is 2.74 bits per heavy atom. The molecule has 0 saturated carbocycles. The maximum Gasteiger partial charge on any atom is 0.248 e. The van der Waals surface area contributed by atoms with Gasteiger partial charge in [0.1, 0.15) is 11.5 Å². The largest absolute Gasteiger partial charge is 0.497 e. The quantitative estimate of drug-likeness (QED) is 0.710. The molecule has 27 heavy (non-hydrogen) atoms. The van der Waals surface area contributed by atoms with Crippen LogP contribution in [0.15, 0.2) is 23.2 Å². The normalized spacial score (nSPS) is 24.9. The first-order chi connectivity index (χ1) is 12.9. The van der Waals surface area contributed by atoms with Gasteiger partial charge in [0, 0.05) is 17.7 Å². The van der Waals surface area contributed by atoms with Crippen LogP contribution in [0.3, 0.4) is 0 Å². The van der Waals surface area contributed by atoms with Crippen LogP contribution in [0, 0.1) is 0 Å². The minimum absolute atomic E-state index is 0.0349. The number of hydrogen-bond acceptors (Lipinski definition) is 6. The number of amides is 1. The molecule has 2 heterocycles. The van der Waals surface area contributed by atoms with Gasteiger partial charge in [-0.1, -0.05) is 25.1 Å². The average Bonchev–Trinajstić information content (AvgIpc) is 3.10. The molecule has 0 bridgehead atoms. The fourth-order valence-electron chi connectivity index (χ4n) is 3.32. The highest BCUT2D eigenvalue weighted by molar-refractivity contribution is 8.16. The summed E-state index contributed by atoms with van der Waals surface area (Å²) in [5.74, 6) is 1.14. The van der Waals surface area contributed by atoms with Crippen LogP contribution in [0.25, 0.3) is 0 Å². The first-order valence-corrected chi connectivity index (χ1v) is 11.6. The van der Waals surface area contributed by atoms with Crippen molar-refractivity contribution in [3.05, 3.63) is 18.2 Å². The van der Waals surface area contributed by atoms with Crippen molar-refractivity contribution >= 4 is 38.4 Å². The van der Waals surface area contributed by atoms with E-state index in [1.54, 1.807) is 32.4 Å². The number of benzene rings is 1. The summed E-state index contributed by atoms with van der Waals surface area (Å²) in [6, 6.07) is 5.06. The fourth-order valence-corrected chi connectivity index (χ4v) is 7.25. The van der Waals surface area contributed by atoms with Crippen molar-refractivity contribution in [1.29, 1.82) is 0 Å². The predicted molar refractivity (Wildman–Crippen MR) is 108 cm³/mol. The summed E-state index contributed by atoms with van der Waals surface area (Å²) in [4.78, 5) is 18.4. The van der Waals surface area contributed by atoms with E-state index in [9.17, 15) is 13.2 Å². The molecule has 148 valence electrons. The van der Waals surface area contributed by atoms with Crippen molar-refractivity contribution in [2.24, 2.45) is 4.99 Å². The number of fused-ring (bicyclic) bond motifs is 1. The van der Waals surface area contributed by atoms with E-state index in [0.29, 0.717) is 28.8 Å². The van der Waals surface area contributed by atoms with Gasteiger partial charge in [0.2, 0.25) is 5.91 Å². The van der Waals surface area contributed by atoms with E-state index >= 15 is 0 Å². The molecule has 2 fully saturated rings. The molecule has 0 spiro atoms. The van der Waals surface area contributed by atoms with E-state index in [1.807, 2.05) is 11.8 Å². The number of anilines is 1. The molecule has 2 saturated heterocycles. The van der Waals surface area contributed by atoms with Crippen LogP contribution in [0.2, 0.25) is 0 Å². The zero-order valence-electron chi connectivity index (χ0n) is 15.7. The number of methoxy groups -OCH3 is 2. The Kier molecular flexibility index (Phi) is 6.00. The molecule has 7 nitrogen and oxygen atoms in total. The van der Waals surface area contributed by atoms with Gasteiger partial charge in [-0.05, 0) is 18.6 Å². The third-order valence-electron chi connectivity index (χ3n) is 4.68. The van der Waals surface area contributed by atoms with Crippen molar-refractivity contribution < 1.29 is 22.7 Å². The maximum absolute atomic E-state index is 12.3. The number of carbonyl (C=O) groups is 1. The standard InChI is InChI=1S/C18H24N2O5S2/c1-4-5-6-17(21)19-18-20(14-10-27(22,23)11-16(14)26-18)13-9-12(24-2)7-8-15(13)25-3/h7-9,14,16H,4-6,10-11H2,1-3H3/t14-,16+/m0/s1. The predicted octanol–water partition coefficient (Wildman–Crippen LogP) is 2.50. The lowest BCUT2D eigenvalue weighted by Crippen LogP contribution is -2.38. The van der Waals surface area contributed by atoms with Crippen LogP contribution in [-0.2, 0) is 14.6 Å². The highest BCUT2D eigenvalue weighted by Crippen LogP contribution is 2.45. The highest BCUT2D eigenvalue weighted by Gasteiger charge is 2.50. The van der Waals surface area contributed by atoms with Crippen molar-refractivity contribution in [1.82, 2.24) is 0 Å².